The van der Waals surface area contributed by atoms with E-state index in [1.807, 2.05) is 36.4 Å². The Hall–Kier alpha value is -7.43. The highest BCUT2D eigenvalue weighted by atomic mass is 15.2. The van der Waals surface area contributed by atoms with E-state index in [1.165, 1.54) is 0 Å². The lowest BCUT2D eigenvalue weighted by molar-refractivity contribution is 0.981. The van der Waals surface area contributed by atoms with Crippen molar-refractivity contribution in [3.05, 3.63) is 206 Å². The van der Waals surface area contributed by atoms with Gasteiger partial charge in [-0.25, -0.2) is 14.5 Å². The van der Waals surface area contributed by atoms with E-state index < -0.39 is 0 Å². The molecule has 3 aromatic heterocycles. The average Bonchev–Trinajstić information content (AvgIpc) is 3.68. The van der Waals surface area contributed by atoms with Gasteiger partial charge in [0, 0.05) is 44.3 Å². The number of pyridine rings is 1. The van der Waals surface area contributed by atoms with Gasteiger partial charge in [0.2, 0.25) is 0 Å². The van der Waals surface area contributed by atoms with Crippen molar-refractivity contribution in [3.63, 3.8) is 0 Å². The molecule has 3 heterocycles. The van der Waals surface area contributed by atoms with Gasteiger partial charge in [-0.05, 0) is 22.6 Å². The molecule has 0 aliphatic rings. The summed E-state index contributed by atoms with van der Waals surface area (Å²) in [5, 5.41) is 7.82. The van der Waals surface area contributed by atoms with Gasteiger partial charge in [0.15, 0.2) is 5.82 Å². The van der Waals surface area contributed by atoms with Gasteiger partial charge in [-0.3, -0.25) is 0 Å². The fourth-order valence-electron chi connectivity index (χ4n) is 7.68. The molecule has 4 nitrogen and oxygen atoms in total. The second-order valence-corrected chi connectivity index (χ2v) is 13.6. The molecular formula is C51H34N4. The molecule has 0 spiro atoms. The molecule has 7 aromatic carbocycles. The van der Waals surface area contributed by atoms with Crippen molar-refractivity contribution >= 4 is 16.3 Å². The zero-order chi connectivity index (χ0) is 36.6. The first-order chi connectivity index (χ1) is 27.3. The second kappa shape index (κ2) is 13.8. The van der Waals surface area contributed by atoms with E-state index in [0.29, 0.717) is 5.82 Å². The maximum Gasteiger partial charge on any atom is 0.160 e. The summed E-state index contributed by atoms with van der Waals surface area (Å²) in [6, 6.07) is 72.0. The lowest BCUT2D eigenvalue weighted by Gasteiger charge is -2.18. The van der Waals surface area contributed by atoms with E-state index in [-0.39, 0.29) is 0 Å². The molecule has 0 N–H and O–H groups in total. The minimum atomic E-state index is 0.700. The highest BCUT2D eigenvalue weighted by molar-refractivity contribution is 6.14. The molecule has 0 unspecified atom stereocenters. The van der Waals surface area contributed by atoms with Crippen molar-refractivity contribution in [3.8, 4) is 78.7 Å². The first kappa shape index (κ1) is 32.2. The fourth-order valence-corrected chi connectivity index (χ4v) is 7.68. The van der Waals surface area contributed by atoms with Crippen LogP contribution in [0.2, 0.25) is 0 Å². The van der Waals surface area contributed by atoms with Gasteiger partial charge in [-0.1, -0.05) is 200 Å². The molecule has 55 heavy (non-hydrogen) atoms. The van der Waals surface area contributed by atoms with Crippen LogP contribution in [0.3, 0.4) is 0 Å². The van der Waals surface area contributed by atoms with E-state index in [0.717, 1.165) is 89.1 Å². The van der Waals surface area contributed by atoms with Gasteiger partial charge in [-0.15, -0.1) is 0 Å². The van der Waals surface area contributed by atoms with Crippen LogP contribution in [0.5, 0.6) is 0 Å². The Morgan fingerprint density at radius 2 is 0.745 bits per heavy atom. The van der Waals surface area contributed by atoms with Gasteiger partial charge < -0.3 is 0 Å². The molecule has 0 atom stereocenters. The summed E-state index contributed by atoms with van der Waals surface area (Å²) in [5.41, 5.74) is 14.5. The zero-order valence-corrected chi connectivity index (χ0v) is 29.9. The lowest BCUT2D eigenvalue weighted by atomic mass is 9.91. The molecule has 10 rings (SSSR count). The molecule has 0 saturated heterocycles. The zero-order valence-electron chi connectivity index (χ0n) is 29.9. The molecule has 4 heteroatoms. The summed E-state index contributed by atoms with van der Waals surface area (Å²) >= 11 is 0. The largest absolute Gasteiger partial charge is 0.231 e. The van der Waals surface area contributed by atoms with Crippen LogP contribution in [0.25, 0.3) is 95.0 Å². The summed E-state index contributed by atoms with van der Waals surface area (Å²) in [6.07, 6.45) is 0. The number of rotatable bonds is 7. The number of benzene rings is 7. The number of hydrogen-bond donors (Lipinski definition) is 0. The van der Waals surface area contributed by atoms with Crippen molar-refractivity contribution in [2.75, 3.05) is 0 Å². The molecule has 0 radical (unpaired) electrons. The summed E-state index contributed by atoms with van der Waals surface area (Å²) in [5.74, 6) is 0.700. The van der Waals surface area contributed by atoms with E-state index in [9.17, 15) is 0 Å². The fraction of sp³-hybridized carbons (Fsp3) is 0. The Morgan fingerprint density at radius 1 is 0.327 bits per heavy atom. The second-order valence-electron chi connectivity index (χ2n) is 13.6. The minimum Gasteiger partial charge on any atom is -0.231 e. The lowest BCUT2D eigenvalue weighted by Crippen LogP contribution is -2.00. The molecule has 0 saturated carbocycles. The maximum atomic E-state index is 5.51. The van der Waals surface area contributed by atoms with Gasteiger partial charge >= 0.3 is 0 Å². The number of fused-ring (bicyclic) bond motifs is 3. The Morgan fingerprint density at radius 3 is 1.33 bits per heavy atom. The van der Waals surface area contributed by atoms with E-state index >= 15 is 0 Å². The van der Waals surface area contributed by atoms with Crippen LogP contribution in [0, 0.1) is 0 Å². The Kier molecular flexibility index (Phi) is 8.12. The first-order valence-corrected chi connectivity index (χ1v) is 18.5. The first-order valence-electron chi connectivity index (χ1n) is 18.5. The Bertz CT molecular complexity index is 2870. The number of aromatic nitrogens is 4. The third-order valence-electron chi connectivity index (χ3n) is 10.2. The normalized spacial score (nSPS) is 11.3. The SMILES string of the molecule is c1ccc(-c2cc(-c3ccc(-c4c(-c5ccccc5)n5nc(-c6ccccc6)c(-c6ccccc6)c5c5ccccc45)cc3)nc(-c3ccccc3)n2)cc1. The molecule has 10 aromatic rings. The van der Waals surface area contributed by atoms with Crippen molar-refractivity contribution in [1.82, 2.24) is 19.6 Å². The topological polar surface area (TPSA) is 43.1 Å². The summed E-state index contributed by atoms with van der Waals surface area (Å²) in [4.78, 5) is 10.1. The molecule has 0 fully saturated rings. The van der Waals surface area contributed by atoms with Crippen LogP contribution in [0.15, 0.2) is 206 Å². The number of hydrogen-bond acceptors (Lipinski definition) is 3. The highest BCUT2D eigenvalue weighted by Gasteiger charge is 2.25. The van der Waals surface area contributed by atoms with Gasteiger partial charge in [0.05, 0.1) is 22.6 Å². The van der Waals surface area contributed by atoms with Crippen molar-refractivity contribution in [1.29, 1.82) is 0 Å². The maximum absolute atomic E-state index is 5.51. The van der Waals surface area contributed by atoms with Crippen LogP contribution < -0.4 is 0 Å². The van der Waals surface area contributed by atoms with Crippen LogP contribution in [-0.2, 0) is 0 Å². The van der Waals surface area contributed by atoms with Crippen molar-refractivity contribution < 1.29 is 0 Å². The Labute approximate surface area is 319 Å². The van der Waals surface area contributed by atoms with Gasteiger partial charge in [0.25, 0.3) is 0 Å². The van der Waals surface area contributed by atoms with E-state index in [4.69, 9.17) is 15.1 Å². The summed E-state index contributed by atoms with van der Waals surface area (Å²) in [7, 11) is 0. The molecule has 0 bridgehead atoms. The van der Waals surface area contributed by atoms with Crippen LogP contribution in [0.1, 0.15) is 0 Å². The molecule has 0 amide bonds. The van der Waals surface area contributed by atoms with E-state index in [1.54, 1.807) is 0 Å². The average molecular weight is 703 g/mol. The van der Waals surface area contributed by atoms with Crippen LogP contribution in [-0.4, -0.2) is 19.6 Å². The van der Waals surface area contributed by atoms with Crippen LogP contribution in [0.4, 0.5) is 0 Å². The predicted octanol–water partition coefficient (Wildman–Crippen LogP) is 12.9. The van der Waals surface area contributed by atoms with E-state index in [2.05, 4.69) is 174 Å². The monoisotopic (exact) mass is 702 g/mol. The summed E-state index contributed by atoms with van der Waals surface area (Å²) < 4.78 is 2.19. The Balaban J connectivity index is 1.22. The molecular weight excluding hydrogens is 669 g/mol. The molecule has 258 valence electrons. The van der Waals surface area contributed by atoms with Gasteiger partial charge in [0.1, 0.15) is 5.69 Å². The predicted molar refractivity (Wildman–Crippen MR) is 226 cm³/mol. The highest BCUT2D eigenvalue weighted by Crippen LogP contribution is 2.46. The van der Waals surface area contributed by atoms with Crippen molar-refractivity contribution in [2.45, 2.75) is 0 Å². The molecule has 0 aliphatic carbocycles. The summed E-state index contributed by atoms with van der Waals surface area (Å²) in [6.45, 7) is 0. The van der Waals surface area contributed by atoms with Crippen LogP contribution >= 0.6 is 0 Å². The smallest absolute Gasteiger partial charge is 0.160 e. The van der Waals surface area contributed by atoms with Crippen molar-refractivity contribution in [2.24, 2.45) is 0 Å². The minimum absolute atomic E-state index is 0.700. The molecule has 0 aliphatic heterocycles. The quantitative estimate of drug-likeness (QED) is 0.166. The third-order valence-corrected chi connectivity index (χ3v) is 10.2. The number of nitrogens with zero attached hydrogens (tertiary/aromatic N) is 4. The third kappa shape index (κ3) is 5.87. The van der Waals surface area contributed by atoms with Gasteiger partial charge in [-0.2, -0.15) is 5.10 Å². The standard InChI is InChI=1S/C51H34N4/c1-6-18-35(19-7-1)44-34-45(53-51(52-44)41-26-14-5-15-27-41)36-30-32-38(33-31-36)46-42-28-16-17-29-43(42)50-47(37-20-8-2-9-21-37)48(39-22-10-3-11-23-39)54-55(50)49(46)40-24-12-4-13-25-40/h1-34H.